The number of ether oxygens (including phenoxy) is 1. The third kappa shape index (κ3) is 2.52. The van der Waals surface area contributed by atoms with Crippen LogP contribution in [0.4, 0.5) is 0 Å². The molecule has 2 aliphatic heterocycles. The molecule has 0 saturated carbocycles. The summed E-state index contributed by atoms with van der Waals surface area (Å²) in [5.41, 5.74) is 1.01. The quantitative estimate of drug-likeness (QED) is 0.895. The van der Waals surface area contributed by atoms with Crippen molar-refractivity contribution in [1.82, 2.24) is 4.90 Å². The number of para-hydroxylation sites is 1. The fourth-order valence-corrected chi connectivity index (χ4v) is 3.23. The Morgan fingerprint density at radius 3 is 3.05 bits per heavy atom. The van der Waals surface area contributed by atoms with Crippen LogP contribution in [-0.4, -0.2) is 42.2 Å². The van der Waals surface area contributed by atoms with Crippen LogP contribution in [0, 0.1) is 5.92 Å². The van der Waals surface area contributed by atoms with Crippen molar-refractivity contribution < 1.29 is 14.6 Å². The third-order valence-corrected chi connectivity index (χ3v) is 4.35. The van der Waals surface area contributed by atoms with Gasteiger partial charge in [-0.2, -0.15) is 0 Å². The lowest BCUT2D eigenvalue weighted by atomic mass is 9.90. The first-order chi connectivity index (χ1) is 9.79. The lowest BCUT2D eigenvalue weighted by Gasteiger charge is -2.35. The average Bonchev–Trinajstić information content (AvgIpc) is 2.53. The highest BCUT2D eigenvalue weighted by Gasteiger charge is 2.32. The molecule has 2 heterocycles. The largest absolute Gasteiger partial charge is 0.493 e. The zero-order valence-electron chi connectivity index (χ0n) is 11.6. The summed E-state index contributed by atoms with van der Waals surface area (Å²) < 4.78 is 5.62. The van der Waals surface area contributed by atoms with Gasteiger partial charge in [-0.25, -0.2) is 0 Å². The maximum Gasteiger partial charge on any atom is 0.230 e. The highest BCUT2D eigenvalue weighted by atomic mass is 16.5. The molecule has 2 aliphatic rings. The predicted molar refractivity (Wildman–Crippen MR) is 75.7 cm³/mol. The van der Waals surface area contributed by atoms with Crippen molar-refractivity contribution in [2.24, 2.45) is 5.92 Å². The number of likely N-dealkylation sites (tertiary alicyclic amines) is 1. The fourth-order valence-electron chi connectivity index (χ4n) is 3.23. The van der Waals surface area contributed by atoms with Crippen LogP contribution >= 0.6 is 0 Å². The monoisotopic (exact) mass is 275 g/mol. The van der Waals surface area contributed by atoms with Gasteiger partial charge in [-0.05, 0) is 31.2 Å². The average molecular weight is 275 g/mol. The van der Waals surface area contributed by atoms with Crippen molar-refractivity contribution in [3.63, 3.8) is 0 Å². The van der Waals surface area contributed by atoms with E-state index in [1.165, 1.54) is 0 Å². The Morgan fingerprint density at radius 2 is 2.20 bits per heavy atom. The third-order valence-electron chi connectivity index (χ3n) is 4.35. The van der Waals surface area contributed by atoms with Crippen LogP contribution in [0.2, 0.25) is 0 Å². The lowest BCUT2D eigenvalue weighted by molar-refractivity contribution is -0.135. The molecule has 0 bridgehead atoms. The van der Waals surface area contributed by atoms with Crippen molar-refractivity contribution in [2.45, 2.75) is 25.2 Å². The predicted octanol–water partition coefficient (Wildman–Crippen LogP) is 1.78. The van der Waals surface area contributed by atoms with E-state index in [0.29, 0.717) is 13.2 Å². The Morgan fingerprint density at radius 1 is 1.35 bits per heavy atom. The summed E-state index contributed by atoms with van der Waals surface area (Å²) in [5, 5.41) is 9.30. The summed E-state index contributed by atoms with van der Waals surface area (Å²) in [6.45, 7) is 2.28. The number of fused-ring (bicyclic) bond motifs is 1. The van der Waals surface area contributed by atoms with Crippen molar-refractivity contribution in [1.29, 1.82) is 0 Å². The summed E-state index contributed by atoms with van der Waals surface area (Å²) >= 11 is 0. The topological polar surface area (TPSA) is 49.8 Å². The number of piperidine rings is 1. The van der Waals surface area contributed by atoms with E-state index in [0.717, 1.165) is 37.1 Å². The molecule has 2 unspecified atom stereocenters. The molecule has 1 amide bonds. The van der Waals surface area contributed by atoms with Gasteiger partial charge in [0, 0.05) is 25.3 Å². The number of amides is 1. The van der Waals surface area contributed by atoms with Gasteiger partial charge in [0.25, 0.3) is 0 Å². The molecule has 0 aromatic heterocycles. The minimum atomic E-state index is -0.0857. The summed E-state index contributed by atoms with van der Waals surface area (Å²) in [4.78, 5) is 14.7. The van der Waals surface area contributed by atoms with Crippen LogP contribution < -0.4 is 4.74 Å². The number of benzene rings is 1. The molecular formula is C16H21NO3. The number of rotatable bonds is 2. The van der Waals surface area contributed by atoms with Gasteiger partial charge in [0.15, 0.2) is 0 Å². The second kappa shape index (κ2) is 5.83. The van der Waals surface area contributed by atoms with Gasteiger partial charge >= 0.3 is 0 Å². The van der Waals surface area contributed by atoms with E-state index < -0.39 is 0 Å². The van der Waals surface area contributed by atoms with Crippen LogP contribution in [0.25, 0.3) is 0 Å². The number of hydrogen-bond donors (Lipinski definition) is 1. The van der Waals surface area contributed by atoms with Gasteiger partial charge < -0.3 is 14.7 Å². The van der Waals surface area contributed by atoms with E-state index in [9.17, 15) is 9.90 Å². The Labute approximate surface area is 119 Å². The zero-order valence-corrected chi connectivity index (χ0v) is 11.6. The first-order valence-electron chi connectivity index (χ1n) is 7.41. The van der Waals surface area contributed by atoms with E-state index in [1.54, 1.807) is 0 Å². The summed E-state index contributed by atoms with van der Waals surface area (Å²) in [5.74, 6) is 1.19. The maximum atomic E-state index is 12.8. The molecule has 4 nitrogen and oxygen atoms in total. The minimum absolute atomic E-state index is 0.0857. The SMILES string of the molecule is O=C(C1CCOc2ccccc21)N1CCCC(CO)C1. The van der Waals surface area contributed by atoms with E-state index >= 15 is 0 Å². The van der Waals surface area contributed by atoms with Gasteiger partial charge in [0.2, 0.25) is 5.91 Å². The molecule has 1 fully saturated rings. The number of nitrogens with zero attached hydrogens (tertiary/aromatic N) is 1. The van der Waals surface area contributed by atoms with Crippen molar-refractivity contribution >= 4 is 5.91 Å². The molecule has 1 aromatic carbocycles. The number of hydrogen-bond acceptors (Lipinski definition) is 3. The molecule has 2 atom stereocenters. The van der Waals surface area contributed by atoms with Gasteiger partial charge in [0.05, 0.1) is 12.5 Å². The van der Waals surface area contributed by atoms with Crippen LogP contribution in [0.15, 0.2) is 24.3 Å². The molecule has 20 heavy (non-hydrogen) atoms. The normalized spacial score (nSPS) is 25.8. The van der Waals surface area contributed by atoms with Crippen LogP contribution in [0.1, 0.15) is 30.7 Å². The number of carbonyl (C=O) groups is 1. The van der Waals surface area contributed by atoms with Crippen LogP contribution in [-0.2, 0) is 4.79 Å². The number of aliphatic hydroxyl groups excluding tert-OH is 1. The van der Waals surface area contributed by atoms with Gasteiger partial charge in [-0.3, -0.25) is 4.79 Å². The second-order valence-electron chi connectivity index (χ2n) is 5.70. The second-order valence-corrected chi connectivity index (χ2v) is 5.70. The van der Waals surface area contributed by atoms with Crippen molar-refractivity contribution in [3.05, 3.63) is 29.8 Å². The smallest absolute Gasteiger partial charge is 0.230 e. The van der Waals surface area contributed by atoms with Crippen molar-refractivity contribution in [3.8, 4) is 5.75 Å². The van der Waals surface area contributed by atoms with Gasteiger partial charge in [-0.1, -0.05) is 18.2 Å². The van der Waals surface area contributed by atoms with E-state index in [-0.39, 0.29) is 24.3 Å². The molecule has 1 N–H and O–H groups in total. The van der Waals surface area contributed by atoms with Crippen LogP contribution in [0.3, 0.4) is 0 Å². The molecular weight excluding hydrogens is 254 g/mol. The number of carbonyl (C=O) groups excluding carboxylic acids is 1. The fraction of sp³-hybridized carbons (Fsp3) is 0.562. The molecule has 0 spiro atoms. The maximum absolute atomic E-state index is 12.8. The highest BCUT2D eigenvalue weighted by molar-refractivity contribution is 5.85. The van der Waals surface area contributed by atoms with E-state index in [4.69, 9.17) is 4.74 Å². The lowest BCUT2D eigenvalue weighted by Crippen LogP contribution is -2.44. The Kier molecular flexibility index (Phi) is 3.92. The molecule has 1 saturated heterocycles. The first-order valence-corrected chi connectivity index (χ1v) is 7.41. The van der Waals surface area contributed by atoms with Crippen molar-refractivity contribution in [2.75, 3.05) is 26.3 Å². The molecule has 1 aromatic rings. The Hall–Kier alpha value is -1.55. The molecule has 0 radical (unpaired) electrons. The molecule has 3 rings (SSSR count). The molecule has 0 aliphatic carbocycles. The first kappa shape index (κ1) is 13.4. The number of aliphatic hydroxyl groups is 1. The Bertz CT molecular complexity index is 488. The summed E-state index contributed by atoms with van der Waals surface area (Å²) in [6.07, 6.45) is 2.75. The van der Waals surface area contributed by atoms with Crippen LogP contribution in [0.5, 0.6) is 5.75 Å². The standard InChI is InChI=1S/C16H21NO3/c18-11-12-4-3-8-17(10-12)16(19)14-7-9-20-15-6-2-1-5-13(14)15/h1-2,5-6,12,14,18H,3-4,7-11H2. The summed E-state index contributed by atoms with van der Waals surface area (Å²) in [7, 11) is 0. The summed E-state index contributed by atoms with van der Waals surface area (Å²) in [6, 6.07) is 7.82. The molecule has 4 heteroatoms. The van der Waals surface area contributed by atoms with Gasteiger partial charge in [0.1, 0.15) is 5.75 Å². The van der Waals surface area contributed by atoms with Gasteiger partial charge in [-0.15, -0.1) is 0 Å². The zero-order chi connectivity index (χ0) is 13.9. The minimum Gasteiger partial charge on any atom is -0.493 e. The Balaban J connectivity index is 1.78. The van der Waals surface area contributed by atoms with E-state index in [2.05, 4.69) is 0 Å². The van der Waals surface area contributed by atoms with E-state index in [1.807, 2.05) is 29.2 Å². The highest BCUT2D eigenvalue weighted by Crippen LogP contribution is 2.35. The molecule has 108 valence electrons.